The Labute approximate surface area is 122 Å². The molecule has 1 N–H and O–H groups in total. The maximum absolute atomic E-state index is 11.7. The molecule has 1 rings (SSSR count). The molecule has 0 aliphatic carbocycles. The number of hydrogen-bond acceptors (Lipinski definition) is 4. The van der Waals surface area contributed by atoms with Gasteiger partial charge in [-0.15, -0.1) is 0 Å². The molecule has 0 atom stereocenters. The molecule has 0 spiro atoms. The van der Waals surface area contributed by atoms with Gasteiger partial charge in [0.25, 0.3) is 0 Å². The Balaban J connectivity index is 2.49. The largest absolute Gasteiger partial charge is 0.382 e. The number of nitrogens with one attached hydrogen (secondary N) is 1. The summed E-state index contributed by atoms with van der Waals surface area (Å²) in [6.07, 6.45) is 0. The van der Waals surface area contributed by atoms with E-state index >= 15 is 0 Å². The molecule has 0 bridgehead atoms. The van der Waals surface area contributed by atoms with E-state index in [1.165, 1.54) is 18.2 Å². The van der Waals surface area contributed by atoms with Gasteiger partial charge in [-0.1, -0.05) is 23.2 Å². The predicted octanol–water partition coefficient (Wildman–Crippen LogP) is 2.40. The fraction of sp³-hybridized carbons (Fsp3) is 0.455. The Bertz CT molecular complexity index is 487. The van der Waals surface area contributed by atoms with Crippen molar-refractivity contribution in [1.82, 2.24) is 0 Å². The molecular formula is C11H15Cl2NO4S. The topological polar surface area (TPSA) is 64.6 Å². The number of benzene rings is 1. The monoisotopic (exact) mass is 327 g/mol. The minimum Gasteiger partial charge on any atom is -0.382 e. The quantitative estimate of drug-likeness (QED) is 0.744. The van der Waals surface area contributed by atoms with Crippen LogP contribution in [-0.2, 0) is 19.5 Å². The van der Waals surface area contributed by atoms with Crippen molar-refractivity contribution < 1.29 is 17.9 Å². The third-order valence-electron chi connectivity index (χ3n) is 2.06. The van der Waals surface area contributed by atoms with Gasteiger partial charge in [0, 0.05) is 17.2 Å². The zero-order chi connectivity index (χ0) is 14.3. The molecule has 1 aromatic rings. The molecule has 0 saturated carbocycles. The van der Waals surface area contributed by atoms with Gasteiger partial charge < -0.3 is 9.47 Å². The zero-order valence-corrected chi connectivity index (χ0v) is 12.7. The minimum atomic E-state index is -3.49. The van der Waals surface area contributed by atoms with Gasteiger partial charge in [0.1, 0.15) is 0 Å². The van der Waals surface area contributed by atoms with Crippen LogP contribution in [0, 0.1) is 0 Å². The van der Waals surface area contributed by atoms with Gasteiger partial charge in [-0.05, 0) is 18.2 Å². The van der Waals surface area contributed by atoms with Crippen molar-refractivity contribution in [2.24, 2.45) is 0 Å². The number of sulfonamides is 1. The standard InChI is InChI=1S/C11H15Cl2NO4S/c1-17-2-3-18-4-5-19(15,16)14-11-7-9(12)6-10(13)8-11/h6-8,14H,2-5H2,1H3. The second-order valence-electron chi connectivity index (χ2n) is 3.68. The Kier molecular flexibility index (Phi) is 6.88. The summed E-state index contributed by atoms with van der Waals surface area (Å²) in [5.41, 5.74) is 0.328. The maximum atomic E-state index is 11.7. The zero-order valence-electron chi connectivity index (χ0n) is 10.4. The third-order valence-corrected chi connectivity index (χ3v) is 3.75. The summed E-state index contributed by atoms with van der Waals surface area (Å²) in [6, 6.07) is 4.49. The fourth-order valence-electron chi connectivity index (χ4n) is 1.26. The molecule has 0 aliphatic rings. The SMILES string of the molecule is COCCOCCS(=O)(=O)Nc1cc(Cl)cc(Cl)c1. The Hall–Kier alpha value is -0.530. The van der Waals surface area contributed by atoms with E-state index in [1.807, 2.05) is 0 Å². The molecule has 0 aromatic heterocycles. The maximum Gasteiger partial charge on any atom is 0.235 e. The van der Waals surface area contributed by atoms with Gasteiger partial charge in [0.15, 0.2) is 0 Å². The number of hydrogen-bond donors (Lipinski definition) is 1. The van der Waals surface area contributed by atoms with Crippen LogP contribution >= 0.6 is 23.2 Å². The van der Waals surface area contributed by atoms with E-state index in [1.54, 1.807) is 7.11 Å². The number of halogens is 2. The summed E-state index contributed by atoms with van der Waals surface area (Å²) >= 11 is 11.6. The molecule has 1 aromatic carbocycles. The highest BCUT2D eigenvalue weighted by atomic mass is 35.5. The average Bonchev–Trinajstić information content (AvgIpc) is 2.26. The molecule has 0 saturated heterocycles. The lowest BCUT2D eigenvalue weighted by atomic mass is 10.3. The van der Waals surface area contributed by atoms with Gasteiger partial charge in [0.2, 0.25) is 10.0 Å². The van der Waals surface area contributed by atoms with Crippen LogP contribution in [0.4, 0.5) is 5.69 Å². The average molecular weight is 328 g/mol. The molecule has 108 valence electrons. The molecule has 8 heteroatoms. The van der Waals surface area contributed by atoms with Crippen molar-refractivity contribution in [3.8, 4) is 0 Å². The highest BCUT2D eigenvalue weighted by Crippen LogP contribution is 2.23. The summed E-state index contributed by atoms with van der Waals surface area (Å²) in [5, 5.41) is 0.725. The van der Waals surface area contributed by atoms with Gasteiger partial charge in [-0.2, -0.15) is 0 Å². The molecule has 5 nitrogen and oxygen atoms in total. The highest BCUT2D eigenvalue weighted by Gasteiger charge is 2.11. The van der Waals surface area contributed by atoms with Crippen LogP contribution in [-0.4, -0.2) is 41.1 Å². The smallest absolute Gasteiger partial charge is 0.235 e. The molecule has 19 heavy (non-hydrogen) atoms. The summed E-state index contributed by atoms with van der Waals surface area (Å²) in [6.45, 7) is 0.874. The Morgan fingerprint density at radius 3 is 2.32 bits per heavy atom. The number of anilines is 1. The van der Waals surface area contributed by atoms with Crippen molar-refractivity contribution in [3.05, 3.63) is 28.2 Å². The predicted molar refractivity (Wildman–Crippen MR) is 76.6 cm³/mol. The van der Waals surface area contributed by atoms with Crippen LogP contribution < -0.4 is 4.72 Å². The lowest BCUT2D eigenvalue weighted by Crippen LogP contribution is -2.20. The Morgan fingerprint density at radius 2 is 1.74 bits per heavy atom. The lowest BCUT2D eigenvalue weighted by molar-refractivity contribution is 0.0785. The first-order chi connectivity index (χ1) is 8.93. The fourth-order valence-corrected chi connectivity index (χ4v) is 2.70. The van der Waals surface area contributed by atoms with Crippen LogP contribution in [0.2, 0.25) is 10.0 Å². The van der Waals surface area contributed by atoms with E-state index in [2.05, 4.69) is 4.72 Å². The Morgan fingerprint density at radius 1 is 1.11 bits per heavy atom. The molecule has 0 fully saturated rings. The minimum absolute atomic E-state index is 0.0903. The molecular weight excluding hydrogens is 313 g/mol. The highest BCUT2D eigenvalue weighted by molar-refractivity contribution is 7.92. The van der Waals surface area contributed by atoms with Crippen molar-refractivity contribution in [3.63, 3.8) is 0 Å². The second-order valence-corrected chi connectivity index (χ2v) is 6.40. The van der Waals surface area contributed by atoms with Gasteiger partial charge in [0.05, 0.1) is 31.3 Å². The first-order valence-electron chi connectivity index (χ1n) is 5.46. The molecule has 0 radical (unpaired) electrons. The van der Waals surface area contributed by atoms with Crippen molar-refractivity contribution >= 4 is 38.9 Å². The van der Waals surface area contributed by atoms with Gasteiger partial charge in [-0.3, -0.25) is 4.72 Å². The number of rotatable bonds is 8. The second kappa shape index (κ2) is 7.91. The summed E-state index contributed by atoms with van der Waals surface area (Å²) < 4.78 is 35.8. The van der Waals surface area contributed by atoms with Crippen LogP contribution in [0.3, 0.4) is 0 Å². The van der Waals surface area contributed by atoms with Crippen LogP contribution in [0.5, 0.6) is 0 Å². The van der Waals surface area contributed by atoms with E-state index in [0.29, 0.717) is 28.9 Å². The summed E-state index contributed by atoms with van der Waals surface area (Å²) in [4.78, 5) is 0. The normalized spacial score (nSPS) is 11.5. The molecule has 0 heterocycles. The van der Waals surface area contributed by atoms with Crippen LogP contribution in [0.15, 0.2) is 18.2 Å². The van der Waals surface area contributed by atoms with Crippen LogP contribution in [0.1, 0.15) is 0 Å². The van der Waals surface area contributed by atoms with Crippen LogP contribution in [0.25, 0.3) is 0 Å². The van der Waals surface area contributed by atoms with Gasteiger partial charge >= 0.3 is 0 Å². The first kappa shape index (κ1) is 16.5. The summed E-state index contributed by atoms with van der Waals surface area (Å²) in [5.74, 6) is -0.152. The summed E-state index contributed by atoms with van der Waals surface area (Å²) in [7, 11) is -1.94. The molecule has 0 amide bonds. The number of methoxy groups -OCH3 is 1. The van der Waals surface area contributed by atoms with E-state index < -0.39 is 10.0 Å². The van der Waals surface area contributed by atoms with Crippen molar-refractivity contribution in [2.75, 3.05) is 37.4 Å². The van der Waals surface area contributed by atoms with E-state index in [4.69, 9.17) is 32.7 Å². The van der Waals surface area contributed by atoms with Gasteiger partial charge in [-0.25, -0.2) is 8.42 Å². The molecule has 0 aliphatic heterocycles. The molecule has 0 unspecified atom stereocenters. The lowest BCUT2D eigenvalue weighted by Gasteiger charge is -2.09. The number of ether oxygens (including phenoxy) is 2. The first-order valence-corrected chi connectivity index (χ1v) is 7.87. The van der Waals surface area contributed by atoms with E-state index in [-0.39, 0.29) is 12.4 Å². The third kappa shape index (κ3) is 6.98. The van der Waals surface area contributed by atoms with Crippen molar-refractivity contribution in [1.29, 1.82) is 0 Å². The van der Waals surface area contributed by atoms with E-state index in [0.717, 1.165) is 0 Å². The van der Waals surface area contributed by atoms with Crippen molar-refractivity contribution in [2.45, 2.75) is 0 Å². The van der Waals surface area contributed by atoms with E-state index in [9.17, 15) is 8.42 Å².